The van der Waals surface area contributed by atoms with Crippen LogP contribution in [0.4, 0.5) is 10.2 Å². The SMILES string of the molecule is C=C(F)C(=O)N1CCN(c2nc(OC[C@@H]3CCCN3C)nc3cc(-c4cc(O)cc5cccc(C)c45)c(OC)nc23)CC1CC#N. The van der Waals surface area contributed by atoms with Gasteiger partial charge in [0.25, 0.3) is 5.91 Å². The summed E-state index contributed by atoms with van der Waals surface area (Å²) in [6.07, 6.45) is 2.10. The van der Waals surface area contributed by atoms with Gasteiger partial charge in [0.2, 0.25) is 5.88 Å². The van der Waals surface area contributed by atoms with Gasteiger partial charge >= 0.3 is 6.01 Å². The summed E-state index contributed by atoms with van der Waals surface area (Å²) in [5.74, 6) is -1.02. The van der Waals surface area contributed by atoms with Gasteiger partial charge in [0.1, 0.15) is 17.9 Å². The van der Waals surface area contributed by atoms with Crippen molar-refractivity contribution in [1.82, 2.24) is 24.8 Å². The Morgan fingerprint density at radius 3 is 2.70 bits per heavy atom. The number of carbonyl (C=O) groups is 1. The van der Waals surface area contributed by atoms with Crippen molar-refractivity contribution in [3.8, 4) is 34.8 Å². The third kappa shape index (κ3) is 5.86. The van der Waals surface area contributed by atoms with Crippen molar-refractivity contribution >= 4 is 33.5 Å². The number of likely N-dealkylation sites (N-methyl/N-ethyl adjacent to an activating group) is 1. The highest BCUT2D eigenvalue weighted by molar-refractivity contribution is 6.03. The molecule has 0 spiro atoms. The second kappa shape index (κ2) is 12.8. The number of aromatic hydroxyl groups is 1. The van der Waals surface area contributed by atoms with Gasteiger partial charge in [-0.3, -0.25) is 4.79 Å². The highest BCUT2D eigenvalue weighted by Gasteiger charge is 2.34. The lowest BCUT2D eigenvalue weighted by Gasteiger charge is -2.41. The van der Waals surface area contributed by atoms with E-state index >= 15 is 0 Å². The number of benzene rings is 2. The maximum Gasteiger partial charge on any atom is 0.319 e. The second-order valence-electron chi connectivity index (χ2n) is 11.9. The molecule has 0 bridgehead atoms. The van der Waals surface area contributed by atoms with E-state index in [1.807, 2.05) is 36.1 Å². The van der Waals surface area contributed by atoms with Gasteiger partial charge in [-0.2, -0.15) is 15.2 Å². The fourth-order valence-corrected chi connectivity index (χ4v) is 6.56. The number of ether oxygens (including phenoxy) is 2. The molecule has 4 heterocycles. The minimum atomic E-state index is -1.06. The molecule has 2 aromatic heterocycles. The molecule has 12 heteroatoms. The van der Waals surface area contributed by atoms with Gasteiger partial charge in [-0.25, -0.2) is 9.37 Å². The fraction of sp³-hybridized carbons (Fsp3) is 0.382. The lowest BCUT2D eigenvalue weighted by molar-refractivity contribution is -0.131. The number of piperazine rings is 1. The van der Waals surface area contributed by atoms with Gasteiger partial charge in [-0.05, 0) is 73.5 Å². The molecule has 1 unspecified atom stereocenters. The number of aryl methyl sites for hydroxylation is 1. The first kappa shape index (κ1) is 31.0. The van der Waals surface area contributed by atoms with Crippen LogP contribution in [0.5, 0.6) is 17.6 Å². The van der Waals surface area contributed by atoms with Crippen LogP contribution in [-0.2, 0) is 4.79 Å². The molecule has 46 heavy (non-hydrogen) atoms. The van der Waals surface area contributed by atoms with E-state index in [4.69, 9.17) is 24.4 Å². The molecule has 0 aliphatic carbocycles. The monoisotopic (exact) mass is 625 g/mol. The Morgan fingerprint density at radius 1 is 1.15 bits per heavy atom. The number of phenolic OH excluding ortho intramolecular Hbond substituents is 1. The van der Waals surface area contributed by atoms with Crippen molar-refractivity contribution in [2.45, 2.75) is 38.3 Å². The average molecular weight is 626 g/mol. The molecule has 2 aromatic carbocycles. The zero-order chi connectivity index (χ0) is 32.5. The van der Waals surface area contributed by atoms with Crippen LogP contribution in [0.15, 0.2) is 48.8 Å². The van der Waals surface area contributed by atoms with E-state index < -0.39 is 17.8 Å². The fourth-order valence-electron chi connectivity index (χ4n) is 6.56. The molecule has 2 atom stereocenters. The van der Waals surface area contributed by atoms with E-state index in [0.29, 0.717) is 41.4 Å². The van der Waals surface area contributed by atoms with E-state index in [2.05, 4.69) is 24.6 Å². The summed E-state index contributed by atoms with van der Waals surface area (Å²) in [5, 5.41) is 22.0. The highest BCUT2D eigenvalue weighted by atomic mass is 19.1. The first-order chi connectivity index (χ1) is 22.2. The number of aromatic nitrogens is 3. The normalized spacial score (nSPS) is 18.6. The summed E-state index contributed by atoms with van der Waals surface area (Å²) in [6, 6.07) is 13.1. The van der Waals surface area contributed by atoms with Gasteiger partial charge in [0, 0.05) is 31.2 Å². The summed E-state index contributed by atoms with van der Waals surface area (Å²) in [5.41, 5.74) is 3.33. The first-order valence-electron chi connectivity index (χ1n) is 15.3. The van der Waals surface area contributed by atoms with Crippen molar-refractivity contribution < 1.29 is 23.8 Å². The number of carbonyl (C=O) groups excluding carboxylic acids is 1. The van der Waals surface area contributed by atoms with Crippen molar-refractivity contribution in [2.24, 2.45) is 0 Å². The molecule has 2 fully saturated rings. The van der Waals surface area contributed by atoms with Crippen molar-refractivity contribution in [2.75, 3.05) is 51.8 Å². The van der Waals surface area contributed by atoms with E-state index in [1.165, 1.54) is 12.0 Å². The zero-order valence-corrected chi connectivity index (χ0v) is 26.2. The number of rotatable bonds is 8. The Balaban J connectivity index is 1.49. The van der Waals surface area contributed by atoms with Gasteiger partial charge in [-0.15, -0.1) is 0 Å². The summed E-state index contributed by atoms with van der Waals surface area (Å²) in [7, 11) is 3.60. The molecule has 2 aliphatic heterocycles. The largest absolute Gasteiger partial charge is 0.508 e. The standard InChI is InChI=1S/C34H36FN7O4/c1-20-7-5-8-22-15-25(43)16-26(29(20)22)27-17-28-30(38-32(27)45-4)31(39-34(37-28)46-19-24-9-6-12-40(24)3)41-13-14-42(33(44)21(2)35)23(18-41)10-11-36/h5,7-8,15-17,23-24,43H,2,6,9-10,12-14,18-19H2,1,3-4H3/t23?,24-/m0/s1. The number of nitrogens with zero attached hydrogens (tertiary/aromatic N) is 7. The number of likely N-dealkylation sites (tertiary alicyclic amines) is 1. The van der Waals surface area contributed by atoms with E-state index in [0.717, 1.165) is 41.3 Å². The predicted octanol–water partition coefficient (Wildman–Crippen LogP) is 4.75. The molecule has 4 aromatic rings. The van der Waals surface area contributed by atoms with Crippen molar-refractivity contribution in [3.63, 3.8) is 0 Å². The van der Waals surface area contributed by atoms with Crippen LogP contribution in [0.25, 0.3) is 32.9 Å². The third-order valence-electron chi connectivity index (χ3n) is 8.93. The van der Waals surface area contributed by atoms with E-state index in [-0.39, 0.29) is 37.3 Å². The van der Waals surface area contributed by atoms with E-state index in [1.54, 1.807) is 12.1 Å². The molecule has 2 aliphatic rings. The number of hydrogen-bond acceptors (Lipinski definition) is 10. The Bertz CT molecular complexity index is 1880. The number of nitriles is 1. The highest BCUT2D eigenvalue weighted by Crippen LogP contribution is 2.41. The first-order valence-corrected chi connectivity index (χ1v) is 15.3. The van der Waals surface area contributed by atoms with Crippen LogP contribution in [0.3, 0.4) is 0 Å². The Morgan fingerprint density at radius 2 is 1.98 bits per heavy atom. The number of methoxy groups -OCH3 is 1. The maximum atomic E-state index is 13.9. The number of fused-ring (bicyclic) bond motifs is 2. The summed E-state index contributed by atoms with van der Waals surface area (Å²) in [6.45, 7) is 7.26. The minimum absolute atomic E-state index is 0.000726. The third-order valence-corrected chi connectivity index (χ3v) is 8.93. The van der Waals surface area contributed by atoms with Crippen molar-refractivity contribution in [3.05, 3.63) is 54.4 Å². The Hall–Kier alpha value is -5.02. The van der Waals surface area contributed by atoms with Crippen LogP contribution in [-0.4, -0.2) is 94.8 Å². The van der Waals surface area contributed by atoms with Gasteiger partial charge < -0.3 is 29.3 Å². The molecule has 11 nitrogen and oxygen atoms in total. The summed E-state index contributed by atoms with van der Waals surface area (Å²) < 4.78 is 25.9. The number of amides is 1. The van der Waals surface area contributed by atoms with Crippen molar-refractivity contribution in [1.29, 1.82) is 5.26 Å². The van der Waals surface area contributed by atoms with Crippen LogP contribution >= 0.6 is 0 Å². The second-order valence-corrected chi connectivity index (χ2v) is 11.9. The molecule has 1 N–H and O–H groups in total. The summed E-state index contributed by atoms with van der Waals surface area (Å²) in [4.78, 5) is 32.6. The van der Waals surface area contributed by atoms with Crippen LogP contribution < -0.4 is 14.4 Å². The average Bonchev–Trinajstić information content (AvgIpc) is 3.46. The number of phenols is 1. The number of anilines is 1. The number of hydrogen-bond donors (Lipinski definition) is 1. The number of halogens is 1. The Kier molecular flexibility index (Phi) is 8.60. The lowest BCUT2D eigenvalue weighted by atomic mass is 9.95. The lowest BCUT2D eigenvalue weighted by Crippen LogP contribution is -2.55. The quantitative estimate of drug-likeness (QED) is 0.274. The van der Waals surface area contributed by atoms with Gasteiger partial charge in [0.05, 0.1) is 31.2 Å². The summed E-state index contributed by atoms with van der Waals surface area (Å²) >= 11 is 0. The van der Waals surface area contributed by atoms with E-state index in [9.17, 15) is 19.6 Å². The van der Waals surface area contributed by atoms with Gasteiger partial charge in [-0.1, -0.05) is 24.8 Å². The molecule has 0 saturated carbocycles. The molecule has 2 saturated heterocycles. The molecule has 0 radical (unpaired) electrons. The maximum absolute atomic E-state index is 13.9. The smallest absolute Gasteiger partial charge is 0.319 e. The van der Waals surface area contributed by atoms with Crippen LogP contribution in [0, 0.1) is 18.3 Å². The van der Waals surface area contributed by atoms with Crippen LogP contribution in [0.2, 0.25) is 0 Å². The zero-order valence-electron chi connectivity index (χ0n) is 26.2. The molecule has 1 amide bonds. The molecule has 238 valence electrons. The van der Waals surface area contributed by atoms with Gasteiger partial charge in [0.15, 0.2) is 11.6 Å². The minimum Gasteiger partial charge on any atom is -0.508 e. The number of pyridine rings is 1. The molecule has 6 rings (SSSR count). The topological polar surface area (TPSA) is 128 Å². The predicted molar refractivity (Wildman–Crippen MR) is 173 cm³/mol. The molecular formula is C34H36FN7O4. The molecular weight excluding hydrogens is 589 g/mol. The Labute approximate surface area is 266 Å². The van der Waals surface area contributed by atoms with Crippen LogP contribution in [0.1, 0.15) is 24.8 Å².